The summed E-state index contributed by atoms with van der Waals surface area (Å²) < 4.78 is 4.65. The molecule has 0 aliphatic carbocycles. The first-order valence-corrected chi connectivity index (χ1v) is 8.81. The molecule has 2 amide bonds. The molecule has 0 bridgehead atoms. The molecule has 27 heavy (non-hydrogen) atoms. The molecule has 0 aliphatic heterocycles. The van der Waals surface area contributed by atoms with Crippen LogP contribution in [0, 0.1) is 0 Å². The first kappa shape index (κ1) is 20.5. The number of carbonyl (C=O) groups is 3. The van der Waals surface area contributed by atoms with E-state index in [1.807, 2.05) is 37.3 Å². The Bertz CT molecular complexity index is 824. The standard InChI is InChI=1S/C20H21ClN2O4/c1-3-23(13-14-7-5-4-6-8-14)19(25)12-18(24)22-17-11-15(20(26)27-2)9-10-16(17)21/h4-11H,3,12-13H2,1-2H3,(H,22,24). The topological polar surface area (TPSA) is 75.7 Å². The Kier molecular flexibility index (Phi) is 7.37. The second-order valence-electron chi connectivity index (χ2n) is 5.80. The van der Waals surface area contributed by atoms with E-state index in [9.17, 15) is 14.4 Å². The number of hydrogen-bond acceptors (Lipinski definition) is 4. The van der Waals surface area contributed by atoms with Crippen molar-refractivity contribution >= 4 is 35.1 Å². The van der Waals surface area contributed by atoms with Gasteiger partial charge in [-0.15, -0.1) is 0 Å². The van der Waals surface area contributed by atoms with Gasteiger partial charge in [-0.2, -0.15) is 0 Å². The summed E-state index contributed by atoms with van der Waals surface area (Å²) in [6.45, 7) is 2.77. The van der Waals surface area contributed by atoms with Crippen molar-refractivity contribution in [2.24, 2.45) is 0 Å². The van der Waals surface area contributed by atoms with Crippen LogP contribution in [0.2, 0.25) is 5.02 Å². The van der Waals surface area contributed by atoms with Crippen LogP contribution in [-0.4, -0.2) is 36.3 Å². The fourth-order valence-electron chi connectivity index (χ4n) is 2.49. The molecule has 7 heteroatoms. The lowest BCUT2D eigenvalue weighted by Crippen LogP contribution is -2.33. The zero-order valence-electron chi connectivity index (χ0n) is 15.2. The summed E-state index contributed by atoms with van der Waals surface area (Å²) in [5.74, 6) is -1.34. The van der Waals surface area contributed by atoms with Crippen LogP contribution in [0.4, 0.5) is 5.69 Å². The van der Waals surface area contributed by atoms with Gasteiger partial charge in [0.1, 0.15) is 6.42 Å². The number of hydrogen-bond donors (Lipinski definition) is 1. The van der Waals surface area contributed by atoms with Gasteiger partial charge in [-0.25, -0.2) is 4.79 Å². The molecule has 0 saturated heterocycles. The lowest BCUT2D eigenvalue weighted by Gasteiger charge is -2.21. The van der Waals surface area contributed by atoms with Crippen molar-refractivity contribution in [1.82, 2.24) is 4.90 Å². The lowest BCUT2D eigenvalue weighted by atomic mass is 10.2. The van der Waals surface area contributed by atoms with E-state index in [2.05, 4.69) is 10.1 Å². The van der Waals surface area contributed by atoms with Crippen molar-refractivity contribution in [2.75, 3.05) is 19.0 Å². The zero-order valence-corrected chi connectivity index (χ0v) is 16.0. The summed E-state index contributed by atoms with van der Waals surface area (Å²) in [5, 5.41) is 2.84. The molecule has 0 aliphatic rings. The SMILES string of the molecule is CCN(Cc1ccccc1)C(=O)CC(=O)Nc1cc(C(=O)OC)ccc1Cl. The Hall–Kier alpha value is -2.86. The molecule has 2 aromatic carbocycles. The number of methoxy groups -OCH3 is 1. The number of halogens is 1. The van der Waals surface area contributed by atoms with Gasteiger partial charge in [-0.3, -0.25) is 9.59 Å². The largest absolute Gasteiger partial charge is 0.465 e. The van der Waals surface area contributed by atoms with Gasteiger partial charge in [0.2, 0.25) is 11.8 Å². The highest BCUT2D eigenvalue weighted by Gasteiger charge is 2.18. The molecule has 0 heterocycles. The van der Waals surface area contributed by atoms with Crippen LogP contribution >= 0.6 is 11.6 Å². The minimum Gasteiger partial charge on any atom is -0.465 e. The summed E-state index contributed by atoms with van der Waals surface area (Å²) in [5.41, 5.74) is 1.49. The van der Waals surface area contributed by atoms with Crippen LogP contribution in [0.25, 0.3) is 0 Å². The second-order valence-corrected chi connectivity index (χ2v) is 6.21. The van der Waals surface area contributed by atoms with Crippen LogP contribution in [0.1, 0.15) is 29.3 Å². The fourth-order valence-corrected chi connectivity index (χ4v) is 2.65. The van der Waals surface area contributed by atoms with E-state index >= 15 is 0 Å². The van der Waals surface area contributed by atoms with Gasteiger partial charge < -0.3 is 15.0 Å². The molecule has 6 nitrogen and oxygen atoms in total. The third-order valence-electron chi connectivity index (χ3n) is 3.92. The van der Waals surface area contributed by atoms with E-state index in [1.54, 1.807) is 4.90 Å². The van der Waals surface area contributed by atoms with Crippen molar-refractivity contribution in [3.05, 3.63) is 64.7 Å². The Morgan fingerprint density at radius 2 is 1.81 bits per heavy atom. The molecular weight excluding hydrogens is 368 g/mol. The summed E-state index contributed by atoms with van der Waals surface area (Å²) >= 11 is 6.06. The number of esters is 1. The van der Waals surface area contributed by atoms with Gasteiger partial charge >= 0.3 is 5.97 Å². The number of nitrogens with zero attached hydrogens (tertiary/aromatic N) is 1. The molecule has 2 aromatic rings. The van der Waals surface area contributed by atoms with Crippen LogP contribution in [0.15, 0.2) is 48.5 Å². The Morgan fingerprint density at radius 1 is 1.11 bits per heavy atom. The number of anilines is 1. The van der Waals surface area contributed by atoms with Crippen LogP contribution in [0.3, 0.4) is 0 Å². The van der Waals surface area contributed by atoms with Crippen molar-refractivity contribution in [3.63, 3.8) is 0 Å². The smallest absolute Gasteiger partial charge is 0.337 e. The maximum absolute atomic E-state index is 12.4. The molecule has 0 atom stereocenters. The molecular formula is C20H21ClN2O4. The molecule has 0 fully saturated rings. The molecule has 2 rings (SSSR count). The average Bonchev–Trinajstić information content (AvgIpc) is 2.67. The van der Waals surface area contributed by atoms with Crippen LogP contribution < -0.4 is 5.32 Å². The minimum absolute atomic E-state index is 0.253. The van der Waals surface area contributed by atoms with Gasteiger partial charge in [-0.05, 0) is 30.7 Å². The van der Waals surface area contributed by atoms with Gasteiger partial charge in [-0.1, -0.05) is 41.9 Å². The highest BCUT2D eigenvalue weighted by Crippen LogP contribution is 2.23. The maximum Gasteiger partial charge on any atom is 0.337 e. The van der Waals surface area contributed by atoms with Crippen molar-refractivity contribution in [3.8, 4) is 0 Å². The third-order valence-corrected chi connectivity index (χ3v) is 4.25. The highest BCUT2D eigenvalue weighted by atomic mass is 35.5. The predicted molar refractivity (Wildman–Crippen MR) is 104 cm³/mol. The highest BCUT2D eigenvalue weighted by molar-refractivity contribution is 6.34. The lowest BCUT2D eigenvalue weighted by molar-refractivity contribution is -0.134. The maximum atomic E-state index is 12.4. The molecule has 0 saturated carbocycles. The van der Waals surface area contributed by atoms with E-state index in [0.717, 1.165) is 5.56 Å². The number of nitrogens with one attached hydrogen (secondary N) is 1. The quantitative estimate of drug-likeness (QED) is 0.581. The van der Waals surface area contributed by atoms with Gasteiger partial charge in [0, 0.05) is 13.1 Å². The molecule has 142 valence electrons. The summed E-state index contributed by atoms with van der Waals surface area (Å²) in [6, 6.07) is 13.9. The van der Waals surface area contributed by atoms with Crippen molar-refractivity contribution < 1.29 is 19.1 Å². The zero-order chi connectivity index (χ0) is 19.8. The van der Waals surface area contributed by atoms with E-state index in [-0.39, 0.29) is 28.6 Å². The predicted octanol–water partition coefficient (Wildman–Crippen LogP) is 3.50. The number of rotatable bonds is 7. The van der Waals surface area contributed by atoms with Gasteiger partial charge in [0.15, 0.2) is 0 Å². The van der Waals surface area contributed by atoms with Crippen molar-refractivity contribution in [1.29, 1.82) is 0 Å². The average molecular weight is 389 g/mol. The summed E-state index contributed by atoms with van der Waals surface area (Å²) in [4.78, 5) is 37.9. The van der Waals surface area contributed by atoms with Crippen LogP contribution in [-0.2, 0) is 20.9 Å². The number of amides is 2. The molecule has 0 unspecified atom stereocenters. The van der Waals surface area contributed by atoms with Gasteiger partial charge in [0.25, 0.3) is 0 Å². The Labute approximate surface area is 163 Å². The molecule has 0 spiro atoms. The van der Waals surface area contributed by atoms with Crippen molar-refractivity contribution in [2.45, 2.75) is 19.9 Å². The molecule has 0 aromatic heterocycles. The number of ether oxygens (including phenoxy) is 1. The van der Waals surface area contributed by atoms with Crippen LogP contribution in [0.5, 0.6) is 0 Å². The van der Waals surface area contributed by atoms with Gasteiger partial charge in [0.05, 0.1) is 23.4 Å². The number of carbonyl (C=O) groups excluding carboxylic acids is 3. The first-order chi connectivity index (χ1) is 12.9. The number of benzene rings is 2. The normalized spacial score (nSPS) is 10.2. The monoisotopic (exact) mass is 388 g/mol. The molecule has 1 N–H and O–H groups in total. The Balaban J connectivity index is 2.01. The van der Waals surface area contributed by atoms with E-state index in [4.69, 9.17) is 11.6 Å². The summed E-state index contributed by atoms with van der Waals surface area (Å²) in [7, 11) is 1.26. The first-order valence-electron chi connectivity index (χ1n) is 8.44. The molecule has 0 radical (unpaired) electrons. The second kappa shape index (κ2) is 9.73. The van der Waals surface area contributed by atoms with E-state index in [1.165, 1.54) is 25.3 Å². The van der Waals surface area contributed by atoms with E-state index in [0.29, 0.717) is 13.1 Å². The fraction of sp³-hybridized carbons (Fsp3) is 0.250. The third kappa shape index (κ3) is 5.82. The summed E-state index contributed by atoms with van der Waals surface area (Å²) in [6.07, 6.45) is -0.320. The minimum atomic E-state index is -0.543. The Morgan fingerprint density at radius 3 is 2.44 bits per heavy atom. The van der Waals surface area contributed by atoms with E-state index < -0.39 is 11.9 Å².